The molecule has 0 aliphatic heterocycles. The number of pyridine rings is 1. The Kier molecular flexibility index (Phi) is 7.33. The fraction of sp³-hybridized carbons (Fsp3) is 0.360. The number of fused-ring (bicyclic) bond motifs is 3. The summed E-state index contributed by atoms with van der Waals surface area (Å²) in [6.45, 7) is 3.15. The number of para-hydroxylation sites is 1. The number of anilines is 1. The number of unbranched alkanes of at least 4 members (excludes halogenated alkanes) is 1. The molecule has 4 aromatic rings. The largest absolute Gasteiger partial charge is 0.497 e. The van der Waals surface area contributed by atoms with Gasteiger partial charge in [0.2, 0.25) is 10.0 Å². The highest BCUT2D eigenvalue weighted by atomic mass is 32.2. The van der Waals surface area contributed by atoms with Gasteiger partial charge in [-0.3, -0.25) is 4.68 Å². The Morgan fingerprint density at radius 2 is 1.85 bits per heavy atom. The minimum atomic E-state index is -3.37. The summed E-state index contributed by atoms with van der Waals surface area (Å²) >= 11 is 0. The Morgan fingerprint density at radius 3 is 2.59 bits per heavy atom. The number of aryl methyl sites for hydroxylation is 2. The standard InChI is InChI=1S/C25H31N5O3S/c1-3-15-30-22(23-20-8-4-5-9-21(20)28-25(26)24(23)29-30)10-6-7-16-34(31,32)27-17-18-11-13-19(33-2)14-12-18/h4-5,8-9,11-14,27H,3,6-7,10,15-17H2,1-2H3,(H2,26,28). The van der Waals surface area contributed by atoms with Crippen LogP contribution in [0.5, 0.6) is 5.75 Å². The van der Waals surface area contributed by atoms with Crippen LogP contribution in [0.4, 0.5) is 5.82 Å². The zero-order valence-electron chi connectivity index (χ0n) is 19.6. The van der Waals surface area contributed by atoms with Gasteiger partial charge in [-0.15, -0.1) is 0 Å². The van der Waals surface area contributed by atoms with Gasteiger partial charge in [0.25, 0.3) is 0 Å². The van der Waals surface area contributed by atoms with Crippen molar-refractivity contribution in [1.29, 1.82) is 0 Å². The van der Waals surface area contributed by atoms with E-state index in [-0.39, 0.29) is 12.3 Å². The third-order valence-electron chi connectivity index (χ3n) is 5.88. The zero-order valence-corrected chi connectivity index (χ0v) is 20.4. The van der Waals surface area contributed by atoms with Crippen molar-refractivity contribution < 1.29 is 13.2 Å². The molecule has 8 nitrogen and oxygen atoms in total. The van der Waals surface area contributed by atoms with E-state index in [2.05, 4.69) is 16.6 Å². The molecule has 180 valence electrons. The molecule has 0 fully saturated rings. The van der Waals surface area contributed by atoms with E-state index in [1.165, 1.54) is 0 Å². The fourth-order valence-corrected chi connectivity index (χ4v) is 5.28. The number of hydrogen-bond donors (Lipinski definition) is 2. The van der Waals surface area contributed by atoms with Crippen molar-refractivity contribution in [1.82, 2.24) is 19.5 Å². The summed E-state index contributed by atoms with van der Waals surface area (Å²) in [5, 5.41) is 6.80. The predicted molar refractivity (Wildman–Crippen MR) is 136 cm³/mol. The molecule has 9 heteroatoms. The van der Waals surface area contributed by atoms with Gasteiger partial charge in [-0.25, -0.2) is 18.1 Å². The second kappa shape index (κ2) is 10.4. The normalized spacial score (nSPS) is 11.9. The Balaban J connectivity index is 1.44. The lowest BCUT2D eigenvalue weighted by molar-refractivity contribution is 0.414. The van der Waals surface area contributed by atoms with Crippen LogP contribution in [0, 0.1) is 0 Å². The molecule has 34 heavy (non-hydrogen) atoms. The predicted octanol–water partition coefficient (Wildman–Crippen LogP) is 4.03. The van der Waals surface area contributed by atoms with Crippen LogP contribution in [0.1, 0.15) is 37.4 Å². The van der Waals surface area contributed by atoms with E-state index in [4.69, 9.17) is 15.6 Å². The van der Waals surface area contributed by atoms with E-state index >= 15 is 0 Å². The molecule has 2 aromatic carbocycles. The molecule has 0 aliphatic rings. The van der Waals surface area contributed by atoms with Crippen LogP contribution in [0.25, 0.3) is 21.8 Å². The first-order valence-corrected chi connectivity index (χ1v) is 13.2. The maximum absolute atomic E-state index is 12.5. The van der Waals surface area contributed by atoms with Gasteiger partial charge in [-0.2, -0.15) is 5.10 Å². The van der Waals surface area contributed by atoms with Gasteiger partial charge in [0, 0.05) is 29.6 Å². The molecule has 0 saturated heterocycles. The SMILES string of the molecule is CCCn1nc2c(N)nc3ccccc3c2c1CCCCS(=O)(=O)NCc1ccc(OC)cc1. The van der Waals surface area contributed by atoms with Gasteiger partial charge < -0.3 is 10.5 Å². The topological polar surface area (TPSA) is 112 Å². The maximum atomic E-state index is 12.5. The van der Waals surface area contributed by atoms with Crippen LogP contribution in [0.2, 0.25) is 0 Å². The van der Waals surface area contributed by atoms with Crippen LogP contribution in [-0.4, -0.2) is 36.0 Å². The van der Waals surface area contributed by atoms with Gasteiger partial charge in [0.1, 0.15) is 11.3 Å². The number of benzene rings is 2. The first-order valence-electron chi connectivity index (χ1n) is 11.6. The van der Waals surface area contributed by atoms with Gasteiger partial charge in [0.15, 0.2) is 5.82 Å². The number of aromatic nitrogens is 3. The van der Waals surface area contributed by atoms with E-state index in [0.29, 0.717) is 12.2 Å². The van der Waals surface area contributed by atoms with Crippen molar-refractivity contribution >= 4 is 37.6 Å². The van der Waals surface area contributed by atoms with E-state index in [1.807, 2.05) is 53.2 Å². The average molecular weight is 482 g/mol. The van der Waals surface area contributed by atoms with Crippen LogP contribution in [-0.2, 0) is 29.5 Å². The molecule has 2 aromatic heterocycles. The van der Waals surface area contributed by atoms with Gasteiger partial charge in [-0.05, 0) is 49.4 Å². The van der Waals surface area contributed by atoms with E-state index in [9.17, 15) is 8.42 Å². The Bertz CT molecular complexity index is 1380. The maximum Gasteiger partial charge on any atom is 0.211 e. The number of hydrogen-bond acceptors (Lipinski definition) is 6. The highest BCUT2D eigenvalue weighted by Gasteiger charge is 2.18. The summed E-state index contributed by atoms with van der Waals surface area (Å²) in [6.07, 6.45) is 2.94. The molecule has 0 unspecified atom stereocenters. The minimum absolute atomic E-state index is 0.0768. The molecule has 0 bridgehead atoms. The smallest absolute Gasteiger partial charge is 0.211 e. The lowest BCUT2D eigenvalue weighted by atomic mass is 10.1. The molecule has 4 rings (SSSR count). The Morgan fingerprint density at radius 1 is 1.09 bits per heavy atom. The van der Waals surface area contributed by atoms with Crippen molar-refractivity contribution in [3.63, 3.8) is 0 Å². The van der Waals surface area contributed by atoms with Crippen molar-refractivity contribution in [2.75, 3.05) is 18.6 Å². The number of sulfonamides is 1. The Labute approximate surface area is 200 Å². The molecule has 2 heterocycles. The van der Waals surface area contributed by atoms with Crippen molar-refractivity contribution in [2.45, 2.75) is 45.7 Å². The van der Waals surface area contributed by atoms with Crippen molar-refractivity contribution in [3.05, 3.63) is 59.8 Å². The monoisotopic (exact) mass is 481 g/mol. The number of nitrogens with two attached hydrogens (primary N) is 1. The number of methoxy groups -OCH3 is 1. The highest BCUT2D eigenvalue weighted by Crippen LogP contribution is 2.31. The summed E-state index contributed by atoms with van der Waals surface area (Å²) in [5.74, 6) is 1.25. The van der Waals surface area contributed by atoms with E-state index in [0.717, 1.165) is 64.6 Å². The van der Waals surface area contributed by atoms with E-state index < -0.39 is 10.0 Å². The van der Waals surface area contributed by atoms with Crippen molar-refractivity contribution in [2.24, 2.45) is 0 Å². The third-order valence-corrected chi connectivity index (χ3v) is 7.29. The van der Waals surface area contributed by atoms with Crippen LogP contribution >= 0.6 is 0 Å². The van der Waals surface area contributed by atoms with Crippen LogP contribution in [0.15, 0.2) is 48.5 Å². The van der Waals surface area contributed by atoms with Crippen LogP contribution in [0.3, 0.4) is 0 Å². The summed E-state index contributed by atoms with van der Waals surface area (Å²) in [6, 6.07) is 15.3. The molecule has 0 amide bonds. The number of ether oxygens (including phenoxy) is 1. The lowest BCUT2D eigenvalue weighted by Gasteiger charge is -2.09. The quantitative estimate of drug-likeness (QED) is 0.313. The number of nitrogens with one attached hydrogen (secondary N) is 1. The molecular formula is C25H31N5O3S. The highest BCUT2D eigenvalue weighted by molar-refractivity contribution is 7.89. The minimum Gasteiger partial charge on any atom is -0.497 e. The molecule has 0 saturated carbocycles. The molecular weight excluding hydrogens is 450 g/mol. The number of nitrogen functional groups attached to an aromatic ring is 1. The van der Waals surface area contributed by atoms with E-state index in [1.54, 1.807) is 7.11 Å². The first kappa shape index (κ1) is 24.0. The molecule has 0 atom stereocenters. The summed E-state index contributed by atoms with van der Waals surface area (Å²) in [4.78, 5) is 4.51. The first-order chi connectivity index (χ1) is 16.4. The summed E-state index contributed by atoms with van der Waals surface area (Å²) < 4.78 is 34.9. The average Bonchev–Trinajstić information content (AvgIpc) is 3.20. The second-order valence-electron chi connectivity index (χ2n) is 8.35. The molecule has 0 aliphatic carbocycles. The summed E-state index contributed by atoms with van der Waals surface area (Å²) in [7, 11) is -1.77. The zero-order chi connectivity index (χ0) is 24.1. The van der Waals surface area contributed by atoms with Gasteiger partial charge in [-0.1, -0.05) is 37.3 Å². The number of nitrogens with zero attached hydrogens (tertiary/aromatic N) is 3. The fourth-order valence-electron chi connectivity index (χ4n) is 4.17. The van der Waals surface area contributed by atoms with Crippen LogP contribution < -0.4 is 15.2 Å². The molecule has 0 spiro atoms. The Hall–Kier alpha value is -3.17. The summed E-state index contributed by atoms with van der Waals surface area (Å²) in [5.41, 5.74) is 9.76. The molecule has 0 radical (unpaired) electrons. The molecule has 3 N–H and O–H groups in total. The van der Waals surface area contributed by atoms with Gasteiger partial charge in [0.05, 0.1) is 18.4 Å². The second-order valence-corrected chi connectivity index (χ2v) is 10.3. The number of rotatable bonds is 11. The van der Waals surface area contributed by atoms with Gasteiger partial charge >= 0.3 is 0 Å². The lowest BCUT2D eigenvalue weighted by Crippen LogP contribution is -2.26. The van der Waals surface area contributed by atoms with Crippen molar-refractivity contribution in [3.8, 4) is 5.75 Å². The third kappa shape index (κ3) is 5.31.